The summed E-state index contributed by atoms with van der Waals surface area (Å²) in [5.74, 6) is 2.08. The molecule has 0 aromatic carbocycles. The number of amides is 2. The molecule has 2 heterocycles. The lowest BCUT2D eigenvalue weighted by Crippen LogP contribution is -2.41. The van der Waals surface area contributed by atoms with Gasteiger partial charge in [-0.1, -0.05) is 19.0 Å². The second-order valence-corrected chi connectivity index (χ2v) is 7.30. The Morgan fingerprint density at radius 2 is 2.17 bits per heavy atom. The van der Waals surface area contributed by atoms with Gasteiger partial charge in [-0.05, 0) is 32.7 Å². The molecule has 7 heteroatoms. The third-order valence-electron chi connectivity index (χ3n) is 4.58. The summed E-state index contributed by atoms with van der Waals surface area (Å²) >= 11 is 0. The molecule has 0 radical (unpaired) electrons. The van der Waals surface area contributed by atoms with Crippen molar-refractivity contribution in [1.29, 1.82) is 0 Å². The van der Waals surface area contributed by atoms with E-state index >= 15 is 0 Å². The predicted octanol–water partition coefficient (Wildman–Crippen LogP) is 2.11. The number of nitrogens with zero attached hydrogens (tertiary/aromatic N) is 4. The van der Waals surface area contributed by atoms with Gasteiger partial charge in [0.15, 0.2) is 5.82 Å². The van der Waals surface area contributed by atoms with Crippen LogP contribution in [0.25, 0.3) is 0 Å². The van der Waals surface area contributed by atoms with E-state index in [0.29, 0.717) is 36.6 Å². The standard InChI is InChI=1S/C17H31N5O2/c1-12(2)16-19-15(20-24-16)7-8-21(5)17(23)18-10-14-6-9-22(11-14)13(3)4/h12-14H,6-11H2,1-5H3,(H,18,23)/t14-/m1/s1. The molecule has 0 saturated carbocycles. The minimum atomic E-state index is -0.0365. The molecule has 1 fully saturated rings. The van der Waals surface area contributed by atoms with Crippen molar-refractivity contribution in [3.63, 3.8) is 0 Å². The third kappa shape index (κ3) is 5.19. The topological polar surface area (TPSA) is 74.5 Å². The van der Waals surface area contributed by atoms with Gasteiger partial charge in [-0.2, -0.15) is 4.98 Å². The van der Waals surface area contributed by atoms with E-state index in [-0.39, 0.29) is 11.9 Å². The molecule has 2 rings (SSSR count). The Labute approximate surface area is 144 Å². The fraction of sp³-hybridized carbons (Fsp3) is 0.824. The molecule has 1 aliphatic heterocycles. The van der Waals surface area contributed by atoms with Crippen LogP contribution in [0.2, 0.25) is 0 Å². The number of nitrogens with one attached hydrogen (secondary N) is 1. The molecule has 2 amide bonds. The zero-order chi connectivity index (χ0) is 17.7. The van der Waals surface area contributed by atoms with Gasteiger partial charge in [0.25, 0.3) is 0 Å². The molecule has 1 aromatic rings. The van der Waals surface area contributed by atoms with E-state index in [0.717, 1.165) is 26.1 Å². The zero-order valence-electron chi connectivity index (χ0n) is 15.6. The summed E-state index contributed by atoms with van der Waals surface area (Å²) in [5, 5.41) is 6.99. The highest BCUT2D eigenvalue weighted by molar-refractivity contribution is 5.73. The molecule has 24 heavy (non-hydrogen) atoms. The van der Waals surface area contributed by atoms with Gasteiger partial charge in [-0.3, -0.25) is 0 Å². The smallest absolute Gasteiger partial charge is 0.317 e. The number of rotatable bonds is 7. The highest BCUT2D eigenvalue weighted by Crippen LogP contribution is 2.17. The van der Waals surface area contributed by atoms with Crippen LogP contribution in [0.3, 0.4) is 0 Å². The summed E-state index contributed by atoms with van der Waals surface area (Å²) in [6, 6.07) is 0.546. The number of carbonyl (C=O) groups is 1. The second-order valence-electron chi connectivity index (χ2n) is 7.30. The van der Waals surface area contributed by atoms with Crippen LogP contribution in [0, 0.1) is 5.92 Å². The van der Waals surface area contributed by atoms with Gasteiger partial charge < -0.3 is 19.6 Å². The second kappa shape index (κ2) is 8.46. The lowest BCUT2D eigenvalue weighted by atomic mass is 10.1. The first-order valence-corrected chi connectivity index (χ1v) is 8.92. The monoisotopic (exact) mass is 337 g/mol. The van der Waals surface area contributed by atoms with E-state index in [4.69, 9.17) is 4.52 Å². The van der Waals surface area contributed by atoms with Gasteiger partial charge in [0.2, 0.25) is 5.89 Å². The van der Waals surface area contributed by atoms with Crippen molar-refractivity contribution in [3.05, 3.63) is 11.7 Å². The van der Waals surface area contributed by atoms with Gasteiger partial charge in [0.05, 0.1) is 0 Å². The minimum absolute atomic E-state index is 0.0365. The van der Waals surface area contributed by atoms with Crippen LogP contribution in [-0.2, 0) is 6.42 Å². The number of hydrogen-bond acceptors (Lipinski definition) is 5. The average molecular weight is 337 g/mol. The minimum Gasteiger partial charge on any atom is -0.339 e. The molecule has 1 aliphatic rings. The average Bonchev–Trinajstić information content (AvgIpc) is 3.19. The fourth-order valence-corrected chi connectivity index (χ4v) is 2.84. The fourth-order valence-electron chi connectivity index (χ4n) is 2.84. The van der Waals surface area contributed by atoms with Gasteiger partial charge >= 0.3 is 6.03 Å². The number of aromatic nitrogens is 2. The Morgan fingerprint density at radius 3 is 2.75 bits per heavy atom. The van der Waals surface area contributed by atoms with Gasteiger partial charge in [-0.15, -0.1) is 0 Å². The summed E-state index contributed by atoms with van der Waals surface area (Å²) in [5.41, 5.74) is 0. The van der Waals surface area contributed by atoms with Crippen LogP contribution in [-0.4, -0.2) is 65.2 Å². The van der Waals surface area contributed by atoms with E-state index in [1.807, 2.05) is 13.8 Å². The maximum absolute atomic E-state index is 12.2. The molecule has 136 valence electrons. The van der Waals surface area contributed by atoms with Crippen molar-refractivity contribution in [2.75, 3.05) is 33.2 Å². The molecular formula is C17H31N5O2. The van der Waals surface area contributed by atoms with Gasteiger partial charge in [-0.25, -0.2) is 4.79 Å². The Kier molecular flexibility index (Phi) is 6.60. The van der Waals surface area contributed by atoms with Crippen molar-refractivity contribution in [2.45, 2.75) is 52.5 Å². The van der Waals surface area contributed by atoms with Crippen molar-refractivity contribution >= 4 is 6.03 Å². The molecule has 7 nitrogen and oxygen atoms in total. The molecular weight excluding hydrogens is 306 g/mol. The van der Waals surface area contributed by atoms with Crippen molar-refractivity contribution in [2.24, 2.45) is 5.92 Å². The van der Waals surface area contributed by atoms with E-state index < -0.39 is 0 Å². The quantitative estimate of drug-likeness (QED) is 0.825. The van der Waals surface area contributed by atoms with Crippen molar-refractivity contribution in [3.8, 4) is 0 Å². The zero-order valence-corrected chi connectivity index (χ0v) is 15.6. The van der Waals surface area contributed by atoms with Crippen LogP contribution >= 0.6 is 0 Å². The van der Waals surface area contributed by atoms with Crippen LogP contribution in [0.4, 0.5) is 4.79 Å². The Balaban J connectivity index is 1.68. The van der Waals surface area contributed by atoms with Crippen LogP contribution < -0.4 is 5.32 Å². The Bertz CT molecular complexity index is 529. The van der Waals surface area contributed by atoms with Crippen molar-refractivity contribution < 1.29 is 9.32 Å². The molecule has 0 bridgehead atoms. The molecule has 1 saturated heterocycles. The highest BCUT2D eigenvalue weighted by atomic mass is 16.5. The summed E-state index contributed by atoms with van der Waals surface area (Å²) in [6.45, 7) is 12.0. The predicted molar refractivity (Wildman–Crippen MR) is 92.9 cm³/mol. The first-order valence-electron chi connectivity index (χ1n) is 8.92. The molecule has 1 aromatic heterocycles. The first kappa shape index (κ1) is 18.7. The van der Waals surface area contributed by atoms with E-state index in [1.165, 1.54) is 0 Å². The number of carbonyl (C=O) groups excluding carboxylic acids is 1. The molecule has 1 N–H and O–H groups in total. The van der Waals surface area contributed by atoms with Crippen LogP contribution in [0.5, 0.6) is 0 Å². The first-order chi connectivity index (χ1) is 11.4. The maximum Gasteiger partial charge on any atom is 0.317 e. The number of likely N-dealkylation sites (tertiary alicyclic amines) is 1. The molecule has 0 unspecified atom stereocenters. The highest BCUT2D eigenvalue weighted by Gasteiger charge is 2.24. The van der Waals surface area contributed by atoms with Crippen LogP contribution in [0.15, 0.2) is 4.52 Å². The molecule has 1 atom stereocenters. The summed E-state index contributed by atoms with van der Waals surface area (Å²) in [4.78, 5) is 20.7. The summed E-state index contributed by atoms with van der Waals surface area (Å²) in [7, 11) is 1.80. The van der Waals surface area contributed by atoms with E-state index in [1.54, 1.807) is 11.9 Å². The number of urea groups is 1. The Hall–Kier alpha value is -1.63. The molecule has 0 aliphatic carbocycles. The maximum atomic E-state index is 12.2. The largest absolute Gasteiger partial charge is 0.339 e. The Morgan fingerprint density at radius 1 is 1.42 bits per heavy atom. The lowest BCUT2D eigenvalue weighted by molar-refractivity contribution is 0.206. The van der Waals surface area contributed by atoms with Gasteiger partial charge in [0, 0.05) is 45.1 Å². The van der Waals surface area contributed by atoms with E-state index in [9.17, 15) is 4.79 Å². The molecule has 0 spiro atoms. The summed E-state index contributed by atoms with van der Waals surface area (Å²) in [6.07, 6.45) is 1.76. The normalized spacial score (nSPS) is 18.5. The SMILES string of the molecule is CC(C)c1nc(CCN(C)C(=O)NC[C@H]2CCN(C(C)C)C2)no1. The van der Waals surface area contributed by atoms with E-state index in [2.05, 4.69) is 34.2 Å². The van der Waals surface area contributed by atoms with Crippen LogP contribution in [0.1, 0.15) is 51.7 Å². The van der Waals surface area contributed by atoms with Gasteiger partial charge in [0.1, 0.15) is 0 Å². The third-order valence-corrected chi connectivity index (χ3v) is 4.58. The summed E-state index contributed by atoms with van der Waals surface area (Å²) < 4.78 is 5.18. The number of likely N-dealkylation sites (N-methyl/N-ethyl adjacent to an activating group) is 1. The number of hydrogen-bond donors (Lipinski definition) is 1. The lowest BCUT2D eigenvalue weighted by Gasteiger charge is -2.21. The van der Waals surface area contributed by atoms with Crippen molar-refractivity contribution in [1.82, 2.24) is 25.3 Å².